The molecule has 1 aromatic rings. The smallest absolute Gasteiger partial charge is 0.236 e. The highest BCUT2D eigenvalue weighted by molar-refractivity contribution is 5.78. The van der Waals surface area contributed by atoms with Crippen molar-refractivity contribution in [2.75, 3.05) is 52.4 Å². The Morgan fingerprint density at radius 2 is 1.43 bits per heavy atom. The standard InChI is InChI=1S/C21H30FN3O3/c22-18-5-7-19(8-6-18)28-16-9-20(26)25-14-12-23(13-15-25)17-21(27)24-10-3-1-2-4-11-24/h5-8H,1-4,9-17H2. The Morgan fingerprint density at radius 3 is 2.07 bits per heavy atom. The number of amides is 2. The van der Waals surface area contributed by atoms with Crippen molar-refractivity contribution in [2.45, 2.75) is 32.1 Å². The molecule has 2 aliphatic heterocycles. The van der Waals surface area contributed by atoms with Crippen LogP contribution in [0.4, 0.5) is 4.39 Å². The highest BCUT2D eigenvalue weighted by Gasteiger charge is 2.24. The van der Waals surface area contributed by atoms with Crippen molar-refractivity contribution in [3.8, 4) is 5.75 Å². The SMILES string of the molecule is O=C(CCOc1ccc(F)cc1)N1CCN(CC(=O)N2CCCCCC2)CC1. The molecular weight excluding hydrogens is 361 g/mol. The van der Waals surface area contributed by atoms with Gasteiger partial charge >= 0.3 is 0 Å². The molecule has 0 saturated carbocycles. The second-order valence-corrected chi connectivity index (χ2v) is 7.50. The molecular formula is C21H30FN3O3. The molecule has 1 aromatic carbocycles. The zero-order chi connectivity index (χ0) is 19.8. The fourth-order valence-corrected chi connectivity index (χ4v) is 3.71. The third kappa shape index (κ3) is 6.19. The molecule has 0 radical (unpaired) electrons. The minimum atomic E-state index is -0.310. The quantitative estimate of drug-likeness (QED) is 0.746. The monoisotopic (exact) mass is 391 g/mol. The Labute approximate surface area is 166 Å². The molecule has 2 heterocycles. The second kappa shape index (κ2) is 10.4. The zero-order valence-electron chi connectivity index (χ0n) is 16.4. The Kier molecular flexibility index (Phi) is 7.65. The van der Waals surface area contributed by atoms with E-state index in [0.29, 0.717) is 31.8 Å². The van der Waals surface area contributed by atoms with E-state index in [9.17, 15) is 14.0 Å². The number of rotatable bonds is 6. The number of ether oxygens (including phenoxy) is 1. The van der Waals surface area contributed by atoms with Gasteiger partial charge in [0.25, 0.3) is 0 Å². The second-order valence-electron chi connectivity index (χ2n) is 7.50. The van der Waals surface area contributed by atoms with Crippen molar-refractivity contribution >= 4 is 11.8 Å². The van der Waals surface area contributed by atoms with E-state index < -0.39 is 0 Å². The highest BCUT2D eigenvalue weighted by Crippen LogP contribution is 2.13. The van der Waals surface area contributed by atoms with Gasteiger partial charge < -0.3 is 14.5 Å². The molecule has 0 aliphatic carbocycles. The molecule has 2 aliphatic rings. The molecule has 0 aromatic heterocycles. The molecule has 0 spiro atoms. The molecule has 2 saturated heterocycles. The fraction of sp³-hybridized carbons (Fsp3) is 0.619. The van der Waals surface area contributed by atoms with Gasteiger partial charge in [0, 0.05) is 39.3 Å². The van der Waals surface area contributed by atoms with E-state index in [1.807, 2.05) is 9.80 Å². The van der Waals surface area contributed by atoms with E-state index in [1.54, 1.807) is 12.1 Å². The van der Waals surface area contributed by atoms with Crippen molar-refractivity contribution in [1.29, 1.82) is 0 Å². The van der Waals surface area contributed by atoms with Crippen LogP contribution in [-0.4, -0.2) is 78.9 Å². The van der Waals surface area contributed by atoms with Crippen molar-refractivity contribution in [3.63, 3.8) is 0 Å². The fourth-order valence-electron chi connectivity index (χ4n) is 3.71. The predicted molar refractivity (Wildman–Crippen MR) is 105 cm³/mol. The zero-order valence-corrected chi connectivity index (χ0v) is 16.4. The third-order valence-corrected chi connectivity index (χ3v) is 5.44. The lowest BCUT2D eigenvalue weighted by Crippen LogP contribution is -2.51. The number of hydrogen-bond acceptors (Lipinski definition) is 4. The number of likely N-dealkylation sites (tertiary alicyclic amines) is 1. The predicted octanol–water partition coefficient (Wildman–Crippen LogP) is 2.14. The van der Waals surface area contributed by atoms with Gasteiger partial charge in [-0.2, -0.15) is 0 Å². The summed E-state index contributed by atoms with van der Waals surface area (Å²) in [5.41, 5.74) is 0. The number of piperazine rings is 1. The van der Waals surface area contributed by atoms with Gasteiger partial charge in [-0.25, -0.2) is 4.39 Å². The topological polar surface area (TPSA) is 53.1 Å². The van der Waals surface area contributed by atoms with E-state index >= 15 is 0 Å². The average Bonchev–Trinajstić information content (AvgIpc) is 2.99. The van der Waals surface area contributed by atoms with Gasteiger partial charge in [0.05, 0.1) is 19.6 Å². The summed E-state index contributed by atoms with van der Waals surface area (Å²) < 4.78 is 18.4. The minimum Gasteiger partial charge on any atom is -0.493 e. The molecule has 3 rings (SSSR count). The Balaban J connectivity index is 1.34. The number of nitrogens with zero attached hydrogens (tertiary/aromatic N) is 3. The lowest BCUT2D eigenvalue weighted by Gasteiger charge is -2.35. The third-order valence-electron chi connectivity index (χ3n) is 5.44. The van der Waals surface area contributed by atoms with Gasteiger partial charge in [0.15, 0.2) is 0 Å². The summed E-state index contributed by atoms with van der Waals surface area (Å²) in [4.78, 5) is 30.8. The number of carbonyl (C=O) groups excluding carboxylic acids is 2. The number of benzene rings is 1. The van der Waals surface area contributed by atoms with Crippen LogP contribution in [0.2, 0.25) is 0 Å². The number of carbonyl (C=O) groups is 2. The van der Waals surface area contributed by atoms with Gasteiger partial charge in [0.1, 0.15) is 11.6 Å². The molecule has 2 fully saturated rings. The minimum absolute atomic E-state index is 0.0561. The van der Waals surface area contributed by atoms with Crippen molar-refractivity contribution in [3.05, 3.63) is 30.1 Å². The van der Waals surface area contributed by atoms with E-state index in [-0.39, 0.29) is 24.2 Å². The summed E-state index contributed by atoms with van der Waals surface area (Å²) in [5.74, 6) is 0.525. The lowest BCUT2D eigenvalue weighted by molar-refractivity contribution is -0.135. The maximum Gasteiger partial charge on any atom is 0.236 e. The van der Waals surface area contributed by atoms with E-state index in [2.05, 4.69) is 4.90 Å². The number of halogens is 1. The van der Waals surface area contributed by atoms with Gasteiger partial charge in [-0.05, 0) is 37.1 Å². The molecule has 2 amide bonds. The largest absolute Gasteiger partial charge is 0.493 e. The maximum atomic E-state index is 12.9. The van der Waals surface area contributed by atoms with E-state index in [4.69, 9.17) is 4.74 Å². The lowest BCUT2D eigenvalue weighted by atomic mass is 10.2. The van der Waals surface area contributed by atoms with E-state index in [0.717, 1.165) is 39.0 Å². The summed E-state index contributed by atoms with van der Waals surface area (Å²) in [6.45, 7) is 5.23. The summed E-state index contributed by atoms with van der Waals surface area (Å²) in [6.07, 6.45) is 4.94. The van der Waals surface area contributed by atoms with Crippen LogP contribution in [0.5, 0.6) is 5.75 Å². The molecule has 6 nitrogen and oxygen atoms in total. The Hall–Kier alpha value is -2.15. The molecule has 7 heteroatoms. The maximum absolute atomic E-state index is 12.9. The average molecular weight is 391 g/mol. The molecule has 154 valence electrons. The van der Waals surface area contributed by atoms with Gasteiger partial charge in [0.2, 0.25) is 11.8 Å². The summed E-state index contributed by atoms with van der Waals surface area (Å²) in [7, 11) is 0. The molecule has 0 N–H and O–H groups in total. The number of hydrogen-bond donors (Lipinski definition) is 0. The normalized spacial score (nSPS) is 18.6. The van der Waals surface area contributed by atoms with Crippen LogP contribution in [-0.2, 0) is 9.59 Å². The van der Waals surface area contributed by atoms with Crippen LogP contribution in [0.1, 0.15) is 32.1 Å². The van der Waals surface area contributed by atoms with Gasteiger partial charge in [-0.15, -0.1) is 0 Å². The van der Waals surface area contributed by atoms with Crippen LogP contribution in [0, 0.1) is 5.82 Å². The van der Waals surface area contributed by atoms with Crippen LogP contribution < -0.4 is 4.74 Å². The van der Waals surface area contributed by atoms with Crippen LogP contribution >= 0.6 is 0 Å². The Bertz CT molecular complexity index is 637. The first-order valence-electron chi connectivity index (χ1n) is 10.3. The van der Waals surface area contributed by atoms with Crippen LogP contribution in [0.3, 0.4) is 0 Å². The van der Waals surface area contributed by atoms with Crippen molar-refractivity contribution < 1.29 is 18.7 Å². The molecule has 0 unspecified atom stereocenters. The van der Waals surface area contributed by atoms with E-state index in [1.165, 1.54) is 25.0 Å². The molecule has 0 atom stereocenters. The summed E-state index contributed by atoms with van der Waals surface area (Å²) in [6, 6.07) is 5.78. The summed E-state index contributed by atoms with van der Waals surface area (Å²) >= 11 is 0. The first-order chi connectivity index (χ1) is 13.6. The van der Waals surface area contributed by atoms with Crippen LogP contribution in [0.25, 0.3) is 0 Å². The van der Waals surface area contributed by atoms with Gasteiger partial charge in [-0.3, -0.25) is 14.5 Å². The first-order valence-corrected chi connectivity index (χ1v) is 10.3. The van der Waals surface area contributed by atoms with Crippen LogP contribution in [0.15, 0.2) is 24.3 Å². The molecule has 0 bridgehead atoms. The highest BCUT2D eigenvalue weighted by atomic mass is 19.1. The van der Waals surface area contributed by atoms with Crippen molar-refractivity contribution in [1.82, 2.24) is 14.7 Å². The van der Waals surface area contributed by atoms with Crippen molar-refractivity contribution in [2.24, 2.45) is 0 Å². The summed E-state index contributed by atoms with van der Waals surface area (Å²) in [5, 5.41) is 0. The first kappa shape index (κ1) is 20.6. The molecule has 28 heavy (non-hydrogen) atoms. The Morgan fingerprint density at radius 1 is 0.821 bits per heavy atom. The van der Waals surface area contributed by atoms with Gasteiger partial charge in [-0.1, -0.05) is 12.8 Å².